The number of benzene rings is 2. The molecule has 5 rings (SSSR count). The van der Waals surface area contributed by atoms with E-state index >= 15 is 0 Å². The van der Waals surface area contributed by atoms with E-state index in [2.05, 4.69) is 114 Å². The number of piperazine rings is 1. The highest BCUT2D eigenvalue weighted by Gasteiger charge is 2.21. The number of hydrogen-bond acceptors (Lipinski definition) is 6. The highest BCUT2D eigenvalue weighted by Crippen LogP contribution is 2.33. The number of aromatic nitrogens is 1. The van der Waals surface area contributed by atoms with Crippen molar-refractivity contribution in [2.45, 2.75) is 41.0 Å². The maximum absolute atomic E-state index is 13.8. The standard InChI is InChI=1S/C36H47N5O2/c1-6-27(4)35(38-30-12-14-31(15-13-30)41-20-22-43-23-21-41)34-32(24-28(5)40-18-16-39(7-2)17-19-40)33(25-37-36(34)42)29-10-8-26(3)9-11-29/h8-15,24-25,38H,6-7,16-23H2,1-5H3,(H,37,42)/b28-24+,35-27?. The molecule has 2 fully saturated rings. The summed E-state index contributed by atoms with van der Waals surface area (Å²) in [6, 6.07) is 17.1. The highest BCUT2D eigenvalue weighted by molar-refractivity contribution is 5.89. The first-order valence-corrected chi connectivity index (χ1v) is 15.8. The molecule has 2 N–H and O–H groups in total. The number of anilines is 2. The molecule has 0 amide bonds. The molecule has 0 bridgehead atoms. The van der Waals surface area contributed by atoms with Gasteiger partial charge in [0.25, 0.3) is 5.56 Å². The van der Waals surface area contributed by atoms with Crippen LogP contribution in [0.25, 0.3) is 22.9 Å². The van der Waals surface area contributed by atoms with E-state index in [4.69, 9.17) is 4.74 Å². The van der Waals surface area contributed by atoms with Gasteiger partial charge in [-0.05, 0) is 75.2 Å². The van der Waals surface area contributed by atoms with Crippen molar-refractivity contribution < 1.29 is 4.74 Å². The predicted molar refractivity (Wildman–Crippen MR) is 181 cm³/mol. The lowest BCUT2D eigenvalue weighted by Crippen LogP contribution is -2.45. The molecule has 1 aromatic heterocycles. The van der Waals surface area contributed by atoms with Crippen LogP contribution in [-0.4, -0.2) is 73.8 Å². The molecule has 2 saturated heterocycles. The summed E-state index contributed by atoms with van der Waals surface area (Å²) >= 11 is 0. The van der Waals surface area contributed by atoms with Gasteiger partial charge in [-0.3, -0.25) is 4.79 Å². The zero-order chi connectivity index (χ0) is 30.3. The third-order valence-electron chi connectivity index (χ3n) is 8.89. The topological polar surface area (TPSA) is 63.8 Å². The van der Waals surface area contributed by atoms with Crippen molar-refractivity contribution in [3.05, 3.63) is 93.0 Å². The van der Waals surface area contributed by atoms with E-state index in [9.17, 15) is 4.79 Å². The number of allylic oxidation sites excluding steroid dienone is 2. The molecule has 3 aromatic rings. The van der Waals surface area contributed by atoms with Gasteiger partial charge in [0.2, 0.25) is 0 Å². The van der Waals surface area contributed by atoms with E-state index < -0.39 is 0 Å². The Kier molecular flexibility index (Phi) is 10.1. The molecular formula is C36H47N5O2. The fraction of sp³-hybridized carbons (Fsp3) is 0.417. The second-order valence-corrected chi connectivity index (χ2v) is 11.7. The second-order valence-electron chi connectivity index (χ2n) is 11.7. The number of morpholine rings is 1. The first-order valence-electron chi connectivity index (χ1n) is 15.8. The van der Waals surface area contributed by atoms with Gasteiger partial charge in [-0.25, -0.2) is 0 Å². The molecule has 0 radical (unpaired) electrons. The molecule has 2 aliphatic heterocycles. The number of aryl methyl sites for hydroxylation is 1. The van der Waals surface area contributed by atoms with Crippen molar-refractivity contribution in [3.8, 4) is 11.1 Å². The van der Waals surface area contributed by atoms with Crippen LogP contribution in [0.3, 0.4) is 0 Å². The summed E-state index contributed by atoms with van der Waals surface area (Å²) in [5.74, 6) is 0. The predicted octanol–water partition coefficient (Wildman–Crippen LogP) is 6.44. The van der Waals surface area contributed by atoms with E-state index in [-0.39, 0.29) is 5.56 Å². The summed E-state index contributed by atoms with van der Waals surface area (Å²) in [5.41, 5.74) is 10.2. The zero-order valence-electron chi connectivity index (χ0n) is 26.5. The molecule has 0 spiro atoms. The fourth-order valence-electron chi connectivity index (χ4n) is 5.91. The van der Waals surface area contributed by atoms with Crippen molar-refractivity contribution in [2.24, 2.45) is 0 Å². The second kappa shape index (κ2) is 14.1. The molecule has 7 nitrogen and oxygen atoms in total. The number of pyridine rings is 1. The SMILES string of the molecule is CCC(C)=C(Nc1ccc(N2CCOCC2)cc1)c1c(/C=C(\C)N2CCN(CC)CC2)c(-c2ccc(C)cc2)c[nH]c1=O. The average Bonchev–Trinajstić information content (AvgIpc) is 3.05. The number of likely N-dealkylation sites (N-methyl/N-ethyl adjacent to an activating group) is 1. The molecule has 0 aliphatic carbocycles. The maximum atomic E-state index is 13.8. The van der Waals surface area contributed by atoms with E-state index in [0.29, 0.717) is 5.56 Å². The minimum atomic E-state index is -0.0917. The maximum Gasteiger partial charge on any atom is 0.257 e. The van der Waals surface area contributed by atoms with Crippen molar-refractivity contribution in [1.82, 2.24) is 14.8 Å². The number of rotatable bonds is 9. The summed E-state index contributed by atoms with van der Waals surface area (Å²) in [6.07, 6.45) is 4.93. The van der Waals surface area contributed by atoms with Crippen molar-refractivity contribution >= 4 is 23.1 Å². The Bertz CT molecular complexity index is 1490. The Labute approximate surface area is 256 Å². The summed E-state index contributed by atoms with van der Waals surface area (Å²) in [4.78, 5) is 24.2. The number of H-pyrrole nitrogens is 1. The summed E-state index contributed by atoms with van der Waals surface area (Å²) in [7, 11) is 0. The summed E-state index contributed by atoms with van der Waals surface area (Å²) < 4.78 is 5.53. The quantitative estimate of drug-likeness (QED) is 0.303. The molecule has 3 heterocycles. The van der Waals surface area contributed by atoms with Gasteiger partial charge in [0.15, 0.2) is 0 Å². The van der Waals surface area contributed by atoms with Crippen LogP contribution in [0.5, 0.6) is 0 Å². The molecule has 2 aliphatic rings. The molecular weight excluding hydrogens is 534 g/mol. The smallest absolute Gasteiger partial charge is 0.257 e. The Morgan fingerprint density at radius 1 is 0.930 bits per heavy atom. The van der Waals surface area contributed by atoms with Gasteiger partial charge in [-0.2, -0.15) is 0 Å². The number of aromatic amines is 1. The van der Waals surface area contributed by atoms with Crippen LogP contribution in [0, 0.1) is 6.92 Å². The van der Waals surface area contributed by atoms with Crippen molar-refractivity contribution in [3.63, 3.8) is 0 Å². The van der Waals surface area contributed by atoms with Crippen molar-refractivity contribution in [1.29, 1.82) is 0 Å². The average molecular weight is 582 g/mol. The molecule has 43 heavy (non-hydrogen) atoms. The Morgan fingerprint density at radius 2 is 1.60 bits per heavy atom. The van der Waals surface area contributed by atoms with Crippen LogP contribution >= 0.6 is 0 Å². The lowest BCUT2D eigenvalue weighted by molar-refractivity contribution is 0.122. The largest absolute Gasteiger partial charge is 0.378 e. The third-order valence-corrected chi connectivity index (χ3v) is 8.89. The van der Waals surface area contributed by atoms with E-state index in [0.717, 1.165) is 99.1 Å². The first kappa shape index (κ1) is 30.6. The van der Waals surface area contributed by atoms with Gasteiger partial charge in [0.05, 0.1) is 24.5 Å². The van der Waals surface area contributed by atoms with Crippen LogP contribution in [0.1, 0.15) is 50.8 Å². The first-order chi connectivity index (χ1) is 20.9. The lowest BCUT2D eigenvalue weighted by Gasteiger charge is -2.36. The van der Waals surface area contributed by atoms with Crippen LogP contribution in [0.4, 0.5) is 11.4 Å². The summed E-state index contributed by atoms with van der Waals surface area (Å²) in [6.45, 7) is 19.2. The van der Waals surface area contributed by atoms with E-state index in [1.54, 1.807) is 0 Å². The molecule has 228 valence electrons. The van der Waals surface area contributed by atoms with E-state index in [1.165, 1.54) is 16.9 Å². The Morgan fingerprint density at radius 3 is 2.23 bits per heavy atom. The fourth-order valence-corrected chi connectivity index (χ4v) is 5.91. The van der Waals surface area contributed by atoms with Gasteiger partial charge in [-0.1, -0.05) is 43.7 Å². The Hall–Kier alpha value is -3.81. The minimum Gasteiger partial charge on any atom is -0.378 e. The molecule has 0 unspecified atom stereocenters. The van der Waals surface area contributed by atoms with Gasteiger partial charge in [0.1, 0.15) is 0 Å². The number of ether oxygens (including phenoxy) is 1. The number of nitrogens with one attached hydrogen (secondary N) is 2. The molecule has 0 atom stereocenters. The summed E-state index contributed by atoms with van der Waals surface area (Å²) in [5, 5.41) is 3.68. The lowest BCUT2D eigenvalue weighted by atomic mass is 9.93. The zero-order valence-corrected chi connectivity index (χ0v) is 26.5. The van der Waals surface area contributed by atoms with E-state index in [1.807, 2.05) is 6.20 Å². The van der Waals surface area contributed by atoms with Crippen LogP contribution in [0.2, 0.25) is 0 Å². The monoisotopic (exact) mass is 581 g/mol. The number of hydrogen-bond donors (Lipinski definition) is 2. The van der Waals surface area contributed by atoms with Gasteiger partial charge < -0.3 is 29.7 Å². The van der Waals surface area contributed by atoms with Crippen molar-refractivity contribution in [2.75, 3.05) is 69.2 Å². The Balaban J connectivity index is 1.58. The number of nitrogens with zero attached hydrogens (tertiary/aromatic N) is 3. The minimum absolute atomic E-state index is 0.0917. The van der Waals surface area contributed by atoms with Crippen LogP contribution in [-0.2, 0) is 4.74 Å². The highest BCUT2D eigenvalue weighted by atomic mass is 16.5. The van der Waals surface area contributed by atoms with Gasteiger partial charge in [-0.15, -0.1) is 0 Å². The molecule has 2 aromatic carbocycles. The normalized spacial score (nSPS) is 17.2. The van der Waals surface area contributed by atoms with Gasteiger partial charge in [0, 0.05) is 73.7 Å². The van der Waals surface area contributed by atoms with Gasteiger partial charge >= 0.3 is 0 Å². The molecule has 7 heteroatoms. The molecule has 0 saturated carbocycles. The third kappa shape index (κ3) is 7.23. The van der Waals surface area contributed by atoms with Crippen LogP contribution in [0.15, 0.2) is 70.8 Å². The van der Waals surface area contributed by atoms with Crippen LogP contribution < -0.4 is 15.8 Å².